The van der Waals surface area contributed by atoms with Crippen molar-refractivity contribution in [3.8, 4) is 0 Å². The molecule has 0 aliphatic heterocycles. The minimum Gasteiger partial charge on any atom is -0.291 e. The molecule has 0 aliphatic rings. The molecule has 0 unspecified atom stereocenters. The summed E-state index contributed by atoms with van der Waals surface area (Å²) in [6.45, 7) is 0. The number of nitrogens with one attached hydrogen (secondary N) is 1. The highest BCUT2D eigenvalue weighted by Crippen LogP contribution is 2.21. The van der Waals surface area contributed by atoms with Gasteiger partial charge in [0.1, 0.15) is 0 Å². The number of anilines is 1. The van der Waals surface area contributed by atoms with Gasteiger partial charge in [0.05, 0.1) is 0 Å². The van der Waals surface area contributed by atoms with Gasteiger partial charge in [0, 0.05) is 28.5 Å². The Labute approximate surface area is 120 Å². The number of halogens is 2. The minimum absolute atomic E-state index is 0.249. The van der Waals surface area contributed by atoms with Crippen molar-refractivity contribution >= 4 is 41.1 Å². The fourth-order valence-electron chi connectivity index (χ4n) is 1.32. The first-order valence-electron chi connectivity index (χ1n) is 5.36. The van der Waals surface area contributed by atoms with E-state index in [1.807, 2.05) is 0 Å². The van der Waals surface area contributed by atoms with E-state index in [9.17, 15) is 4.79 Å². The van der Waals surface area contributed by atoms with Crippen LogP contribution >= 0.6 is 23.2 Å². The van der Waals surface area contributed by atoms with Crippen LogP contribution in [0.4, 0.5) is 5.95 Å². The Bertz CT molecular complexity index is 615. The lowest BCUT2D eigenvalue weighted by atomic mass is 10.2. The van der Waals surface area contributed by atoms with Crippen LogP contribution in [0.2, 0.25) is 10.0 Å². The first-order chi connectivity index (χ1) is 9.15. The number of nitrogens with zero attached hydrogens (tertiary/aromatic N) is 2. The maximum absolute atomic E-state index is 11.6. The van der Waals surface area contributed by atoms with Crippen molar-refractivity contribution in [3.05, 3.63) is 58.3 Å². The average Bonchev–Trinajstić information content (AvgIpc) is 2.39. The molecule has 4 nitrogen and oxygen atoms in total. The molecule has 0 fully saturated rings. The highest BCUT2D eigenvalue weighted by Gasteiger charge is 2.01. The van der Waals surface area contributed by atoms with Gasteiger partial charge in [-0.1, -0.05) is 29.3 Å². The molecule has 0 saturated carbocycles. The average molecular weight is 294 g/mol. The van der Waals surface area contributed by atoms with E-state index >= 15 is 0 Å². The van der Waals surface area contributed by atoms with E-state index in [2.05, 4.69) is 15.3 Å². The van der Waals surface area contributed by atoms with E-state index in [1.54, 1.807) is 42.7 Å². The molecular weight excluding hydrogens is 285 g/mol. The van der Waals surface area contributed by atoms with Crippen molar-refractivity contribution < 1.29 is 4.79 Å². The molecule has 0 bridgehead atoms. The number of hydrogen-bond acceptors (Lipinski definition) is 3. The first-order valence-corrected chi connectivity index (χ1v) is 6.12. The Balaban J connectivity index is 2.04. The highest BCUT2D eigenvalue weighted by atomic mass is 35.5. The zero-order chi connectivity index (χ0) is 13.7. The van der Waals surface area contributed by atoms with Crippen molar-refractivity contribution in [2.24, 2.45) is 0 Å². The number of carbonyl (C=O) groups excluding carboxylic acids is 1. The molecule has 0 saturated heterocycles. The van der Waals surface area contributed by atoms with Gasteiger partial charge in [0.15, 0.2) is 0 Å². The van der Waals surface area contributed by atoms with Crippen LogP contribution < -0.4 is 5.32 Å². The summed E-state index contributed by atoms with van der Waals surface area (Å²) in [5.41, 5.74) is 0.704. The van der Waals surface area contributed by atoms with Crippen LogP contribution in [0.3, 0.4) is 0 Å². The summed E-state index contributed by atoms with van der Waals surface area (Å²) in [7, 11) is 0. The summed E-state index contributed by atoms with van der Waals surface area (Å²) in [6, 6.07) is 6.71. The predicted octanol–water partition coefficient (Wildman–Crippen LogP) is 3.44. The fraction of sp³-hybridized carbons (Fsp3) is 0. The number of rotatable bonds is 3. The molecule has 0 atom stereocenters. The van der Waals surface area contributed by atoms with Crippen molar-refractivity contribution in [2.45, 2.75) is 0 Å². The lowest BCUT2D eigenvalue weighted by Crippen LogP contribution is -2.10. The fourth-order valence-corrected chi connectivity index (χ4v) is 1.79. The molecule has 2 aromatic rings. The van der Waals surface area contributed by atoms with E-state index < -0.39 is 0 Å². The van der Waals surface area contributed by atoms with Gasteiger partial charge in [-0.2, -0.15) is 0 Å². The molecule has 0 radical (unpaired) electrons. The van der Waals surface area contributed by atoms with Crippen LogP contribution in [0.5, 0.6) is 0 Å². The highest BCUT2D eigenvalue weighted by molar-refractivity contribution is 6.35. The van der Waals surface area contributed by atoms with Crippen molar-refractivity contribution in [3.63, 3.8) is 0 Å². The van der Waals surface area contributed by atoms with Gasteiger partial charge in [-0.3, -0.25) is 10.1 Å². The lowest BCUT2D eigenvalue weighted by Gasteiger charge is -2.00. The standard InChI is InChI=1S/C13H9Cl2N3O/c14-10-4-2-9(11(15)8-10)3-5-12(19)18-13-16-6-1-7-17-13/h1-8H,(H,16,17,18,19). The third-order valence-electron chi connectivity index (χ3n) is 2.18. The topological polar surface area (TPSA) is 54.9 Å². The molecule has 1 aromatic heterocycles. The molecule has 1 N–H and O–H groups in total. The zero-order valence-electron chi connectivity index (χ0n) is 9.68. The number of carbonyl (C=O) groups is 1. The summed E-state index contributed by atoms with van der Waals surface area (Å²) in [6.07, 6.45) is 6.03. The van der Waals surface area contributed by atoms with Gasteiger partial charge in [0.2, 0.25) is 5.95 Å². The Kier molecular flexibility index (Phi) is 4.49. The third-order valence-corrected chi connectivity index (χ3v) is 2.74. The quantitative estimate of drug-likeness (QED) is 0.882. The molecule has 1 heterocycles. The number of amides is 1. The number of benzene rings is 1. The molecule has 0 spiro atoms. The predicted molar refractivity (Wildman–Crippen MR) is 76.2 cm³/mol. The summed E-state index contributed by atoms with van der Waals surface area (Å²) in [5, 5.41) is 3.55. The summed E-state index contributed by atoms with van der Waals surface area (Å²) in [4.78, 5) is 19.4. The maximum Gasteiger partial charge on any atom is 0.250 e. The summed E-state index contributed by atoms with van der Waals surface area (Å²) in [5.74, 6) is -0.0865. The number of hydrogen-bond donors (Lipinski definition) is 1. The van der Waals surface area contributed by atoms with E-state index in [1.165, 1.54) is 6.08 Å². The van der Waals surface area contributed by atoms with Crippen LogP contribution in [0.25, 0.3) is 6.08 Å². The smallest absolute Gasteiger partial charge is 0.250 e. The summed E-state index contributed by atoms with van der Waals surface area (Å²) < 4.78 is 0. The summed E-state index contributed by atoms with van der Waals surface area (Å²) >= 11 is 11.8. The van der Waals surface area contributed by atoms with E-state index in [0.29, 0.717) is 15.6 Å². The molecular formula is C13H9Cl2N3O. The second-order valence-electron chi connectivity index (χ2n) is 3.56. The monoisotopic (exact) mass is 293 g/mol. The molecule has 6 heteroatoms. The van der Waals surface area contributed by atoms with Gasteiger partial charge in [0.25, 0.3) is 5.91 Å². The number of aromatic nitrogens is 2. The largest absolute Gasteiger partial charge is 0.291 e. The van der Waals surface area contributed by atoms with Gasteiger partial charge in [-0.15, -0.1) is 0 Å². The molecule has 1 aromatic carbocycles. The van der Waals surface area contributed by atoms with E-state index in [4.69, 9.17) is 23.2 Å². The third kappa shape index (κ3) is 4.05. The van der Waals surface area contributed by atoms with Gasteiger partial charge >= 0.3 is 0 Å². The minimum atomic E-state index is -0.336. The van der Waals surface area contributed by atoms with Crippen molar-refractivity contribution in [1.82, 2.24) is 9.97 Å². The van der Waals surface area contributed by atoms with Crippen LogP contribution in [-0.2, 0) is 4.79 Å². The van der Waals surface area contributed by atoms with Gasteiger partial charge in [-0.25, -0.2) is 9.97 Å². The van der Waals surface area contributed by atoms with Gasteiger partial charge < -0.3 is 0 Å². The first kappa shape index (κ1) is 13.5. The van der Waals surface area contributed by atoms with E-state index in [0.717, 1.165) is 0 Å². The van der Waals surface area contributed by atoms with Crippen LogP contribution in [0.1, 0.15) is 5.56 Å². The van der Waals surface area contributed by atoms with Gasteiger partial charge in [-0.05, 0) is 29.8 Å². The van der Waals surface area contributed by atoms with Crippen LogP contribution in [-0.4, -0.2) is 15.9 Å². The van der Waals surface area contributed by atoms with Crippen molar-refractivity contribution in [2.75, 3.05) is 5.32 Å². The van der Waals surface area contributed by atoms with E-state index in [-0.39, 0.29) is 11.9 Å². The molecule has 2 rings (SSSR count). The normalized spacial score (nSPS) is 10.6. The Morgan fingerprint density at radius 1 is 1.21 bits per heavy atom. The second kappa shape index (κ2) is 6.31. The second-order valence-corrected chi connectivity index (χ2v) is 4.40. The SMILES string of the molecule is O=C(C=Cc1ccc(Cl)cc1Cl)Nc1ncccn1. The van der Waals surface area contributed by atoms with Crippen LogP contribution in [0, 0.1) is 0 Å². The Morgan fingerprint density at radius 2 is 1.95 bits per heavy atom. The molecule has 0 aliphatic carbocycles. The van der Waals surface area contributed by atoms with Crippen molar-refractivity contribution in [1.29, 1.82) is 0 Å². The molecule has 1 amide bonds. The Hall–Kier alpha value is -1.91. The lowest BCUT2D eigenvalue weighted by molar-refractivity contribution is -0.111. The maximum atomic E-state index is 11.6. The molecule has 96 valence electrons. The van der Waals surface area contributed by atoms with Crippen LogP contribution in [0.15, 0.2) is 42.7 Å². The zero-order valence-corrected chi connectivity index (χ0v) is 11.2. The Morgan fingerprint density at radius 3 is 2.63 bits per heavy atom. The molecule has 19 heavy (non-hydrogen) atoms.